The molecule has 0 aliphatic rings. The number of fused-ring (bicyclic) bond motifs is 1. The third kappa shape index (κ3) is 2.75. The summed E-state index contributed by atoms with van der Waals surface area (Å²) in [5.74, 6) is 1.06. The lowest BCUT2D eigenvalue weighted by Gasteiger charge is -2.01. The van der Waals surface area contributed by atoms with Gasteiger partial charge in [0.15, 0.2) is 5.16 Å². The molecular weight excluding hydrogens is 272 g/mol. The fourth-order valence-electron chi connectivity index (χ4n) is 1.55. The van der Waals surface area contributed by atoms with Crippen molar-refractivity contribution in [3.63, 3.8) is 0 Å². The van der Waals surface area contributed by atoms with Crippen LogP contribution in [0.5, 0.6) is 0 Å². The number of aryl methyl sites for hydroxylation is 2. The molecular formula is C12H15ClN2S2. The van der Waals surface area contributed by atoms with Crippen LogP contribution in [-0.2, 0) is 0 Å². The highest BCUT2D eigenvalue weighted by Crippen LogP contribution is 2.34. The zero-order valence-electron chi connectivity index (χ0n) is 10.2. The molecule has 2 rings (SSSR count). The fourth-order valence-corrected chi connectivity index (χ4v) is 3.99. The summed E-state index contributed by atoms with van der Waals surface area (Å²) in [7, 11) is 0. The Balaban J connectivity index is 2.35. The number of thioether (sulfide) groups is 1. The molecule has 0 aliphatic carbocycles. The molecule has 0 unspecified atom stereocenters. The molecule has 0 fully saturated rings. The second-order valence-electron chi connectivity index (χ2n) is 3.96. The molecule has 92 valence electrons. The summed E-state index contributed by atoms with van der Waals surface area (Å²) < 4.78 is 0. The van der Waals surface area contributed by atoms with Crippen LogP contribution in [0, 0.1) is 13.8 Å². The molecule has 2 nitrogen and oxygen atoms in total. The van der Waals surface area contributed by atoms with Crippen molar-refractivity contribution in [1.29, 1.82) is 0 Å². The van der Waals surface area contributed by atoms with Crippen molar-refractivity contribution in [3.05, 3.63) is 15.6 Å². The van der Waals surface area contributed by atoms with Gasteiger partial charge in [0.05, 0.1) is 5.39 Å². The Kier molecular flexibility index (Phi) is 4.28. The summed E-state index contributed by atoms with van der Waals surface area (Å²) in [5.41, 5.74) is 1.21. The van der Waals surface area contributed by atoms with Gasteiger partial charge in [-0.05, 0) is 25.8 Å². The smallest absolute Gasteiger partial charge is 0.190 e. The second-order valence-corrected chi connectivity index (χ2v) is 6.59. The van der Waals surface area contributed by atoms with Crippen molar-refractivity contribution in [3.8, 4) is 0 Å². The topological polar surface area (TPSA) is 25.8 Å². The van der Waals surface area contributed by atoms with Gasteiger partial charge in [0.1, 0.15) is 9.98 Å². The van der Waals surface area contributed by atoms with Crippen molar-refractivity contribution in [2.24, 2.45) is 0 Å². The standard InChI is InChI=1S/C12H15ClN2S2/c1-4-5-6-16-12-14-10(13)9-7(2)8(3)17-11(9)15-12/h4-6H2,1-3H3. The third-order valence-corrected chi connectivity index (χ3v) is 5.00. The van der Waals surface area contributed by atoms with Gasteiger partial charge in [-0.15, -0.1) is 11.3 Å². The minimum Gasteiger partial charge on any atom is -0.211 e. The van der Waals surface area contributed by atoms with Crippen molar-refractivity contribution >= 4 is 44.9 Å². The first-order chi connectivity index (χ1) is 8.13. The van der Waals surface area contributed by atoms with Gasteiger partial charge < -0.3 is 0 Å². The molecule has 0 aromatic carbocycles. The van der Waals surface area contributed by atoms with Gasteiger partial charge in [-0.25, -0.2) is 9.97 Å². The first-order valence-electron chi connectivity index (χ1n) is 5.69. The van der Waals surface area contributed by atoms with Crippen molar-refractivity contribution in [1.82, 2.24) is 9.97 Å². The van der Waals surface area contributed by atoms with Crippen LogP contribution < -0.4 is 0 Å². The van der Waals surface area contributed by atoms with E-state index in [0.29, 0.717) is 5.15 Å². The van der Waals surface area contributed by atoms with Crippen molar-refractivity contribution in [2.75, 3.05) is 5.75 Å². The van der Waals surface area contributed by atoms with Crippen LogP contribution in [0.3, 0.4) is 0 Å². The number of halogens is 1. The van der Waals surface area contributed by atoms with E-state index in [9.17, 15) is 0 Å². The van der Waals surface area contributed by atoms with Crippen LogP contribution in [0.2, 0.25) is 5.15 Å². The van der Waals surface area contributed by atoms with Gasteiger partial charge in [-0.1, -0.05) is 36.7 Å². The van der Waals surface area contributed by atoms with Crippen LogP contribution in [0.15, 0.2) is 5.16 Å². The van der Waals surface area contributed by atoms with Crippen LogP contribution in [-0.4, -0.2) is 15.7 Å². The number of aromatic nitrogens is 2. The van der Waals surface area contributed by atoms with E-state index in [1.807, 2.05) is 0 Å². The highest BCUT2D eigenvalue weighted by molar-refractivity contribution is 7.99. The van der Waals surface area contributed by atoms with Gasteiger partial charge in [0.2, 0.25) is 0 Å². The Morgan fingerprint density at radius 3 is 2.76 bits per heavy atom. The Labute approximate surface area is 115 Å². The molecule has 5 heteroatoms. The summed E-state index contributed by atoms with van der Waals surface area (Å²) in [6.07, 6.45) is 2.38. The fraction of sp³-hybridized carbons (Fsp3) is 0.500. The third-order valence-electron chi connectivity index (χ3n) is 2.69. The van der Waals surface area contributed by atoms with E-state index in [1.54, 1.807) is 23.1 Å². The highest BCUT2D eigenvalue weighted by Gasteiger charge is 2.13. The number of thiophene rings is 1. The Bertz CT molecular complexity index is 537. The molecule has 0 aliphatic heterocycles. The first kappa shape index (κ1) is 13.1. The van der Waals surface area contributed by atoms with E-state index in [2.05, 4.69) is 30.7 Å². The molecule has 17 heavy (non-hydrogen) atoms. The minimum absolute atomic E-state index is 0.593. The maximum atomic E-state index is 6.24. The van der Waals surface area contributed by atoms with Gasteiger partial charge in [-0.2, -0.15) is 0 Å². The summed E-state index contributed by atoms with van der Waals surface area (Å²) >= 11 is 9.62. The van der Waals surface area contributed by atoms with Gasteiger partial charge in [0.25, 0.3) is 0 Å². The molecule has 0 amide bonds. The van der Waals surface area contributed by atoms with Crippen molar-refractivity contribution in [2.45, 2.75) is 38.8 Å². The van der Waals surface area contributed by atoms with Gasteiger partial charge >= 0.3 is 0 Å². The van der Waals surface area contributed by atoms with Crippen LogP contribution in [0.4, 0.5) is 0 Å². The lowest BCUT2D eigenvalue weighted by Crippen LogP contribution is -1.89. The normalized spacial score (nSPS) is 11.3. The van der Waals surface area contributed by atoms with E-state index in [1.165, 1.54) is 23.3 Å². The van der Waals surface area contributed by atoms with E-state index in [0.717, 1.165) is 21.1 Å². The van der Waals surface area contributed by atoms with E-state index >= 15 is 0 Å². The first-order valence-corrected chi connectivity index (χ1v) is 7.87. The number of unbranched alkanes of at least 4 members (excludes halogenated alkanes) is 1. The minimum atomic E-state index is 0.593. The largest absolute Gasteiger partial charge is 0.211 e. The zero-order chi connectivity index (χ0) is 12.4. The molecule has 0 bridgehead atoms. The number of hydrogen-bond donors (Lipinski definition) is 0. The Hall–Kier alpha value is -0.320. The van der Waals surface area contributed by atoms with Crippen molar-refractivity contribution < 1.29 is 0 Å². The predicted octanol–water partition coefficient (Wildman–Crippen LogP) is 4.85. The number of rotatable bonds is 4. The van der Waals surface area contributed by atoms with Crippen LogP contribution in [0.25, 0.3) is 10.2 Å². The predicted molar refractivity (Wildman–Crippen MR) is 77.5 cm³/mol. The summed E-state index contributed by atoms with van der Waals surface area (Å²) in [5, 5.41) is 2.42. The molecule has 0 saturated heterocycles. The second kappa shape index (κ2) is 5.55. The van der Waals surface area contributed by atoms with Gasteiger partial charge in [-0.3, -0.25) is 0 Å². The van der Waals surface area contributed by atoms with Crippen LogP contribution >= 0.6 is 34.7 Å². The summed E-state index contributed by atoms with van der Waals surface area (Å²) in [4.78, 5) is 11.2. The maximum absolute atomic E-state index is 6.24. The monoisotopic (exact) mass is 286 g/mol. The quantitative estimate of drug-likeness (QED) is 0.348. The number of hydrogen-bond acceptors (Lipinski definition) is 4. The molecule has 0 atom stereocenters. The lowest BCUT2D eigenvalue weighted by molar-refractivity contribution is 0.891. The highest BCUT2D eigenvalue weighted by atomic mass is 35.5. The average Bonchev–Trinajstić information content (AvgIpc) is 2.55. The summed E-state index contributed by atoms with van der Waals surface area (Å²) in [6, 6.07) is 0. The summed E-state index contributed by atoms with van der Waals surface area (Å²) in [6.45, 7) is 6.36. The molecule has 0 spiro atoms. The molecule has 0 N–H and O–H groups in total. The number of nitrogens with zero attached hydrogens (tertiary/aromatic N) is 2. The van der Waals surface area contributed by atoms with Gasteiger partial charge in [0, 0.05) is 10.6 Å². The molecule has 0 saturated carbocycles. The molecule has 2 aromatic heterocycles. The maximum Gasteiger partial charge on any atom is 0.190 e. The zero-order valence-corrected chi connectivity index (χ0v) is 12.6. The molecule has 2 aromatic rings. The van der Waals surface area contributed by atoms with E-state index < -0.39 is 0 Å². The van der Waals surface area contributed by atoms with E-state index in [4.69, 9.17) is 11.6 Å². The Morgan fingerprint density at radius 2 is 2.06 bits per heavy atom. The van der Waals surface area contributed by atoms with Crippen LogP contribution in [0.1, 0.15) is 30.2 Å². The SMILES string of the molecule is CCCCSc1nc(Cl)c2c(C)c(C)sc2n1. The lowest BCUT2D eigenvalue weighted by atomic mass is 10.2. The average molecular weight is 287 g/mol. The Morgan fingerprint density at radius 1 is 1.29 bits per heavy atom. The molecule has 0 radical (unpaired) electrons. The van der Waals surface area contributed by atoms with E-state index in [-0.39, 0.29) is 0 Å². The molecule has 2 heterocycles.